The van der Waals surface area contributed by atoms with Crippen molar-refractivity contribution < 1.29 is 14.3 Å². The molecule has 2 aromatic carbocycles. The topological polar surface area (TPSA) is 76.8 Å². The van der Waals surface area contributed by atoms with Crippen molar-refractivity contribution in [3.8, 4) is 11.5 Å². The van der Waals surface area contributed by atoms with Crippen LogP contribution in [0.2, 0.25) is 0 Å². The van der Waals surface area contributed by atoms with E-state index in [-0.39, 0.29) is 18.3 Å². The molecule has 0 aliphatic heterocycles. The third-order valence-electron chi connectivity index (χ3n) is 4.41. The fraction of sp³-hybridized carbons (Fsp3) is 0.381. The Hall–Kier alpha value is -2.44. The van der Waals surface area contributed by atoms with E-state index < -0.39 is 0 Å². The second-order valence-electron chi connectivity index (χ2n) is 6.17. The Kier molecular flexibility index (Phi) is 10.2. The van der Waals surface area contributed by atoms with Crippen molar-refractivity contribution in [3.05, 3.63) is 53.6 Å². The zero-order chi connectivity index (χ0) is 19.6. The molecule has 0 bridgehead atoms. The van der Waals surface area contributed by atoms with Crippen LogP contribution in [0.3, 0.4) is 0 Å². The first-order valence-electron chi connectivity index (χ1n) is 9.23. The van der Waals surface area contributed by atoms with Gasteiger partial charge in [0.05, 0.1) is 7.11 Å². The summed E-state index contributed by atoms with van der Waals surface area (Å²) in [5, 5.41) is 2.90. The maximum absolute atomic E-state index is 12.2. The number of halogens is 1. The average Bonchev–Trinajstić information content (AvgIpc) is 2.70. The Balaban J connectivity index is 0.00000392. The normalized spacial score (nSPS) is 10.3. The van der Waals surface area contributed by atoms with E-state index in [1.54, 1.807) is 31.4 Å². The zero-order valence-corrected chi connectivity index (χ0v) is 17.6. The van der Waals surface area contributed by atoms with Gasteiger partial charge in [0.1, 0.15) is 6.61 Å². The summed E-state index contributed by atoms with van der Waals surface area (Å²) in [6, 6.07) is 12.5. The number of nitrogens with two attached hydrogens (primary N) is 1. The second-order valence-corrected chi connectivity index (χ2v) is 6.17. The lowest BCUT2D eigenvalue weighted by Crippen LogP contribution is -2.28. The van der Waals surface area contributed by atoms with Crippen LogP contribution in [0.5, 0.6) is 11.5 Å². The molecule has 0 spiro atoms. The summed E-state index contributed by atoms with van der Waals surface area (Å²) < 4.78 is 11.3. The molecule has 0 aliphatic rings. The number of nitrogen functional groups attached to an aromatic ring is 1. The smallest absolute Gasteiger partial charge is 0.251 e. The van der Waals surface area contributed by atoms with Crippen molar-refractivity contribution in [1.29, 1.82) is 0 Å². The summed E-state index contributed by atoms with van der Waals surface area (Å²) in [5.41, 5.74) is 7.79. The minimum atomic E-state index is -0.145. The molecular formula is C21H30ClN3O3. The molecule has 0 aromatic heterocycles. The molecule has 0 heterocycles. The molecule has 2 aromatic rings. The summed E-state index contributed by atoms with van der Waals surface area (Å²) in [4.78, 5) is 14.5. The number of ether oxygens (including phenoxy) is 2. The van der Waals surface area contributed by atoms with Gasteiger partial charge in [0, 0.05) is 24.3 Å². The maximum atomic E-state index is 12.2. The molecule has 0 saturated heterocycles. The van der Waals surface area contributed by atoms with E-state index in [1.807, 2.05) is 18.2 Å². The lowest BCUT2D eigenvalue weighted by Gasteiger charge is -2.19. The first-order chi connectivity index (χ1) is 13.1. The number of carbonyl (C=O) groups excluding carboxylic acids is 1. The van der Waals surface area contributed by atoms with E-state index in [9.17, 15) is 4.79 Å². The number of methoxy groups -OCH3 is 1. The Labute approximate surface area is 173 Å². The number of hydrogen-bond donors (Lipinski definition) is 2. The van der Waals surface area contributed by atoms with Gasteiger partial charge in [0.25, 0.3) is 5.91 Å². The first kappa shape index (κ1) is 23.6. The van der Waals surface area contributed by atoms with Gasteiger partial charge in [-0.15, -0.1) is 12.4 Å². The van der Waals surface area contributed by atoms with Gasteiger partial charge in [-0.05, 0) is 55.1 Å². The van der Waals surface area contributed by atoms with Crippen LogP contribution < -0.4 is 20.5 Å². The minimum Gasteiger partial charge on any atom is -0.493 e. The summed E-state index contributed by atoms with van der Waals surface area (Å²) in [6.45, 7) is 8.16. The Morgan fingerprint density at radius 1 is 1.07 bits per heavy atom. The van der Waals surface area contributed by atoms with Crippen molar-refractivity contribution in [2.45, 2.75) is 20.4 Å². The van der Waals surface area contributed by atoms with Crippen LogP contribution in [0, 0.1) is 0 Å². The monoisotopic (exact) mass is 407 g/mol. The fourth-order valence-electron chi connectivity index (χ4n) is 2.68. The minimum absolute atomic E-state index is 0. The highest BCUT2D eigenvalue weighted by molar-refractivity contribution is 5.94. The van der Waals surface area contributed by atoms with Gasteiger partial charge in [-0.25, -0.2) is 0 Å². The van der Waals surface area contributed by atoms with Crippen LogP contribution in [-0.2, 0) is 6.54 Å². The van der Waals surface area contributed by atoms with Crippen LogP contribution in [0.15, 0.2) is 42.5 Å². The van der Waals surface area contributed by atoms with Crippen molar-refractivity contribution in [1.82, 2.24) is 10.2 Å². The van der Waals surface area contributed by atoms with Gasteiger partial charge in [-0.2, -0.15) is 0 Å². The van der Waals surface area contributed by atoms with Crippen LogP contribution in [-0.4, -0.2) is 44.2 Å². The van der Waals surface area contributed by atoms with E-state index in [0.717, 1.165) is 25.2 Å². The van der Waals surface area contributed by atoms with Crippen LogP contribution in [0.25, 0.3) is 0 Å². The van der Waals surface area contributed by atoms with Crippen molar-refractivity contribution in [3.63, 3.8) is 0 Å². The Morgan fingerprint density at radius 3 is 2.36 bits per heavy atom. The highest BCUT2D eigenvalue weighted by Gasteiger charge is 2.09. The molecule has 1 amide bonds. The molecule has 154 valence electrons. The summed E-state index contributed by atoms with van der Waals surface area (Å²) in [6.07, 6.45) is 0. The highest BCUT2D eigenvalue weighted by Crippen LogP contribution is 2.28. The van der Waals surface area contributed by atoms with Gasteiger partial charge in [-0.1, -0.05) is 19.9 Å². The molecule has 28 heavy (non-hydrogen) atoms. The molecule has 0 unspecified atom stereocenters. The van der Waals surface area contributed by atoms with Crippen molar-refractivity contribution >= 4 is 24.0 Å². The number of anilines is 1. The van der Waals surface area contributed by atoms with Crippen molar-refractivity contribution in [2.75, 3.05) is 39.1 Å². The molecule has 0 atom stereocenters. The molecule has 0 aliphatic carbocycles. The number of carbonyl (C=O) groups is 1. The standard InChI is InChI=1S/C21H29N3O3.ClH/c1-4-24(5-2)12-13-27-19-11-6-16(14-20(19)26-3)15-23-21(25)17-7-9-18(22)10-8-17;/h6-11,14H,4-5,12-13,15,22H2,1-3H3,(H,23,25);1H. The van der Waals surface area contributed by atoms with Crippen LogP contribution in [0.1, 0.15) is 29.8 Å². The molecule has 2 rings (SSSR count). The first-order valence-corrected chi connectivity index (χ1v) is 9.23. The van der Waals surface area contributed by atoms with Gasteiger partial charge < -0.3 is 25.4 Å². The van der Waals surface area contributed by atoms with Gasteiger partial charge >= 0.3 is 0 Å². The number of nitrogens with zero attached hydrogens (tertiary/aromatic N) is 1. The molecule has 0 fully saturated rings. The molecule has 6 nitrogen and oxygen atoms in total. The second kappa shape index (κ2) is 12.1. The van der Waals surface area contributed by atoms with Crippen LogP contribution in [0.4, 0.5) is 5.69 Å². The summed E-state index contributed by atoms with van der Waals surface area (Å²) in [7, 11) is 1.61. The Bertz CT molecular complexity index is 734. The van der Waals surface area contributed by atoms with Gasteiger partial charge in [-0.3, -0.25) is 4.79 Å². The number of likely N-dealkylation sites (N-methyl/N-ethyl adjacent to an activating group) is 1. The van der Waals surface area contributed by atoms with E-state index >= 15 is 0 Å². The van der Waals surface area contributed by atoms with Crippen molar-refractivity contribution in [2.24, 2.45) is 0 Å². The van der Waals surface area contributed by atoms with E-state index in [1.165, 1.54) is 0 Å². The molecular weight excluding hydrogens is 378 g/mol. The zero-order valence-electron chi connectivity index (χ0n) is 16.7. The highest BCUT2D eigenvalue weighted by atomic mass is 35.5. The largest absolute Gasteiger partial charge is 0.493 e. The van der Waals surface area contributed by atoms with E-state index in [4.69, 9.17) is 15.2 Å². The predicted octanol–water partition coefficient (Wildman–Crippen LogP) is 3.35. The van der Waals surface area contributed by atoms with Gasteiger partial charge in [0.2, 0.25) is 0 Å². The Morgan fingerprint density at radius 2 is 1.75 bits per heavy atom. The lowest BCUT2D eigenvalue weighted by atomic mass is 10.1. The SMILES string of the molecule is CCN(CC)CCOc1ccc(CNC(=O)c2ccc(N)cc2)cc1OC.Cl. The number of nitrogens with one attached hydrogen (secondary N) is 1. The average molecular weight is 408 g/mol. The molecule has 3 N–H and O–H groups in total. The quantitative estimate of drug-likeness (QED) is 0.590. The summed E-state index contributed by atoms with van der Waals surface area (Å²) in [5.74, 6) is 1.22. The van der Waals surface area contributed by atoms with Crippen LogP contribution >= 0.6 is 12.4 Å². The fourth-order valence-corrected chi connectivity index (χ4v) is 2.68. The van der Waals surface area contributed by atoms with E-state index in [2.05, 4.69) is 24.1 Å². The van der Waals surface area contributed by atoms with E-state index in [0.29, 0.717) is 35.9 Å². The number of benzene rings is 2. The molecule has 7 heteroatoms. The lowest BCUT2D eigenvalue weighted by molar-refractivity contribution is 0.0951. The third kappa shape index (κ3) is 6.94. The summed E-state index contributed by atoms with van der Waals surface area (Å²) >= 11 is 0. The molecule has 0 saturated carbocycles. The molecule has 0 radical (unpaired) electrons. The number of hydrogen-bond acceptors (Lipinski definition) is 5. The van der Waals surface area contributed by atoms with Gasteiger partial charge in [0.15, 0.2) is 11.5 Å². The number of amides is 1. The predicted molar refractivity (Wildman–Crippen MR) is 116 cm³/mol. The third-order valence-corrected chi connectivity index (χ3v) is 4.41. The maximum Gasteiger partial charge on any atom is 0.251 e. The number of rotatable bonds is 10.